The lowest BCUT2D eigenvalue weighted by Gasteiger charge is -2.16. The van der Waals surface area contributed by atoms with Crippen LogP contribution < -0.4 is 0 Å². The largest absolute Gasteiger partial charge is 0.292 e. The lowest BCUT2D eigenvalue weighted by Crippen LogP contribution is -2.04. The summed E-state index contributed by atoms with van der Waals surface area (Å²) in [4.78, 5) is 14.6. The van der Waals surface area contributed by atoms with Crippen LogP contribution in [0.25, 0.3) is 88.6 Å². The van der Waals surface area contributed by atoms with Crippen LogP contribution >= 0.6 is 0 Å². The maximum atomic E-state index is 5.48. The van der Waals surface area contributed by atoms with Gasteiger partial charge in [-0.05, 0) is 88.0 Å². The summed E-state index contributed by atoms with van der Waals surface area (Å²) in [5.41, 5.74) is 11.0. The number of hydrogen-bond acceptors (Lipinski definition) is 3. The van der Waals surface area contributed by atoms with Crippen molar-refractivity contribution in [3.05, 3.63) is 176 Å². The highest BCUT2D eigenvalue weighted by Crippen LogP contribution is 2.38. The zero-order valence-corrected chi connectivity index (χ0v) is 27.0. The van der Waals surface area contributed by atoms with Crippen molar-refractivity contribution in [2.24, 2.45) is 0 Å². The van der Waals surface area contributed by atoms with Crippen LogP contribution in [0.5, 0.6) is 0 Å². The molecule has 0 spiro atoms. The Morgan fingerprint density at radius 3 is 1.18 bits per heavy atom. The number of benzene rings is 5. The van der Waals surface area contributed by atoms with E-state index in [1.54, 1.807) is 0 Å². The Kier molecular flexibility index (Phi) is 6.42. The molecular formula is C45H29N5. The third kappa shape index (κ3) is 4.52. The molecule has 234 valence electrons. The van der Waals surface area contributed by atoms with Gasteiger partial charge >= 0.3 is 0 Å². The molecule has 0 unspecified atom stereocenters. The van der Waals surface area contributed by atoms with Gasteiger partial charge in [0, 0.05) is 33.9 Å². The van der Waals surface area contributed by atoms with E-state index in [1.807, 2.05) is 24.8 Å². The first-order chi connectivity index (χ1) is 24.8. The Morgan fingerprint density at radius 2 is 0.700 bits per heavy atom. The number of hydrogen-bond donors (Lipinski definition) is 0. The van der Waals surface area contributed by atoms with Gasteiger partial charge in [0.15, 0.2) is 0 Å². The van der Waals surface area contributed by atoms with E-state index in [-0.39, 0.29) is 0 Å². The summed E-state index contributed by atoms with van der Waals surface area (Å²) < 4.78 is 4.49. The smallest absolute Gasteiger partial charge is 0.140 e. The van der Waals surface area contributed by atoms with Crippen LogP contribution in [-0.4, -0.2) is 24.1 Å². The number of para-hydroxylation sites is 2. The maximum Gasteiger partial charge on any atom is 0.140 e. The number of fused-ring (bicyclic) bond motifs is 6. The molecule has 10 aromatic rings. The molecule has 0 bridgehead atoms. The summed E-state index contributed by atoms with van der Waals surface area (Å²) >= 11 is 0. The summed E-state index contributed by atoms with van der Waals surface area (Å²) in [5, 5.41) is 4.61. The van der Waals surface area contributed by atoms with E-state index in [2.05, 4.69) is 171 Å². The van der Waals surface area contributed by atoms with Crippen LogP contribution in [0.15, 0.2) is 176 Å². The van der Waals surface area contributed by atoms with Crippen LogP contribution in [0, 0.1) is 0 Å². The zero-order chi connectivity index (χ0) is 33.0. The summed E-state index contributed by atoms with van der Waals surface area (Å²) in [7, 11) is 0. The van der Waals surface area contributed by atoms with Crippen molar-refractivity contribution in [2.75, 3.05) is 0 Å². The first-order valence-electron chi connectivity index (χ1n) is 16.8. The third-order valence-electron chi connectivity index (χ3n) is 9.69. The summed E-state index contributed by atoms with van der Waals surface area (Å²) in [6, 6.07) is 53.7. The standard InChI is InChI=1S/C45H29N5/c1-3-11-30(12-4-1)32-23-33(31-13-5-2-6-14-31)25-34(24-32)35-26-44(49-40-17-9-7-15-36(40)38-19-21-46-28-42(38)49)48-45(27-35)50-41-18-10-8-16-37(41)39-20-22-47-29-43(39)50/h1-29H. The van der Waals surface area contributed by atoms with Gasteiger partial charge < -0.3 is 0 Å². The van der Waals surface area contributed by atoms with Gasteiger partial charge in [0.1, 0.15) is 11.6 Å². The van der Waals surface area contributed by atoms with E-state index < -0.39 is 0 Å². The molecule has 5 heteroatoms. The molecule has 5 aromatic carbocycles. The molecule has 10 rings (SSSR count). The molecule has 0 aliphatic rings. The molecule has 0 amide bonds. The monoisotopic (exact) mass is 639 g/mol. The van der Waals surface area contributed by atoms with Crippen molar-refractivity contribution in [2.45, 2.75) is 0 Å². The summed E-state index contributed by atoms with van der Waals surface area (Å²) in [6.07, 6.45) is 7.61. The van der Waals surface area contributed by atoms with Crippen molar-refractivity contribution in [1.29, 1.82) is 0 Å². The highest BCUT2D eigenvalue weighted by molar-refractivity contribution is 6.10. The molecule has 5 heterocycles. The highest BCUT2D eigenvalue weighted by Gasteiger charge is 2.19. The second kappa shape index (κ2) is 11.4. The zero-order valence-electron chi connectivity index (χ0n) is 27.0. The molecule has 0 saturated carbocycles. The lowest BCUT2D eigenvalue weighted by molar-refractivity contribution is 1.01. The minimum absolute atomic E-state index is 0.817. The Bertz CT molecular complexity index is 2570. The van der Waals surface area contributed by atoms with Crippen molar-refractivity contribution in [1.82, 2.24) is 24.1 Å². The summed E-state index contributed by atoms with van der Waals surface area (Å²) in [6.45, 7) is 0. The fraction of sp³-hybridized carbons (Fsp3) is 0. The van der Waals surface area contributed by atoms with Crippen molar-refractivity contribution in [3.63, 3.8) is 0 Å². The minimum atomic E-state index is 0.817. The predicted molar refractivity (Wildman–Crippen MR) is 205 cm³/mol. The van der Waals surface area contributed by atoms with E-state index >= 15 is 0 Å². The van der Waals surface area contributed by atoms with Gasteiger partial charge in [-0.15, -0.1) is 0 Å². The molecule has 0 fully saturated rings. The van der Waals surface area contributed by atoms with Gasteiger partial charge in [-0.2, -0.15) is 0 Å². The van der Waals surface area contributed by atoms with Gasteiger partial charge in [-0.25, -0.2) is 4.98 Å². The lowest BCUT2D eigenvalue weighted by atomic mass is 9.93. The molecule has 50 heavy (non-hydrogen) atoms. The fourth-order valence-electron chi connectivity index (χ4n) is 7.42. The molecule has 5 aromatic heterocycles. The topological polar surface area (TPSA) is 48.5 Å². The third-order valence-corrected chi connectivity index (χ3v) is 9.69. The predicted octanol–water partition coefficient (Wildman–Crippen LogP) is 11.1. The average molecular weight is 640 g/mol. The molecule has 5 nitrogen and oxygen atoms in total. The van der Waals surface area contributed by atoms with Gasteiger partial charge in [-0.3, -0.25) is 19.1 Å². The van der Waals surface area contributed by atoms with E-state index in [4.69, 9.17) is 4.98 Å². The van der Waals surface area contributed by atoms with Crippen molar-refractivity contribution in [3.8, 4) is 45.0 Å². The van der Waals surface area contributed by atoms with E-state index in [9.17, 15) is 0 Å². The second-order valence-corrected chi connectivity index (χ2v) is 12.6. The van der Waals surface area contributed by atoms with Crippen LogP contribution in [0.2, 0.25) is 0 Å². The van der Waals surface area contributed by atoms with Crippen molar-refractivity contribution < 1.29 is 0 Å². The fourth-order valence-corrected chi connectivity index (χ4v) is 7.42. The number of pyridine rings is 3. The summed E-state index contributed by atoms with van der Waals surface area (Å²) in [5.74, 6) is 1.63. The normalized spacial score (nSPS) is 11.6. The molecule has 0 aliphatic carbocycles. The van der Waals surface area contributed by atoms with Gasteiger partial charge in [0.25, 0.3) is 0 Å². The second-order valence-electron chi connectivity index (χ2n) is 12.6. The van der Waals surface area contributed by atoms with Gasteiger partial charge in [0.05, 0.1) is 34.5 Å². The van der Waals surface area contributed by atoms with Crippen molar-refractivity contribution >= 4 is 43.6 Å². The Balaban J connectivity index is 1.31. The SMILES string of the molecule is c1ccc(-c2cc(-c3ccccc3)cc(-c3cc(-n4c5ccccc5c5ccncc54)nc(-n4c5ccccc5c5ccncc54)c3)c2)cc1. The highest BCUT2D eigenvalue weighted by atomic mass is 15.1. The first-order valence-corrected chi connectivity index (χ1v) is 16.8. The Hall–Kier alpha value is -6.85. The van der Waals surface area contributed by atoms with Gasteiger partial charge in [-0.1, -0.05) is 97.1 Å². The molecule has 0 saturated heterocycles. The van der Waals surface area contributed by atoms with Crippen LogP contribution in [-0.2, 0) is 0 Å². The van der Waals surface area contributed by atoms with Crippen LogP contribution in [0.3, 0.4) is 0 Å². The van der Waals surface area contributed by atoms with E-state index in [1.165, 1.54) is 11.1 Å². The minimum Gasteiger partial charge on any atom is -0.292 e. The maximum absolute atomic E-state index is 5.48. The molecule has 0 radical (unpaired) electrons. The quantitative estimate of drug-likeness (QED) is 0.188. The Morgan fingerprint density at radius 1 is 0.320 bits per heavy atom. The van der Waals surface area contributed by atoms with Gasteiger partial charge in [0.2, 0.25) is 0 Å². The number of aromatic nitrogens is 5. The Labute approximate surface area is 288 Å². The van der Waals surface area contributed by atoms with E-state index in [0.29, 0.717) is 0 Å². The molecule has 0 N–H and O–H groups in total. The molecule has 0 aliphatic heterocycles. The first kappa shape index (κ1) is 28.2. The number of nitrogens with zero attached hydrogens (tertiary/aromatic N) is 5. The molecular weight excluding hydrogens is 611 g/mol. The van der Waals surface area contributed by atoms with Crippen LogP contribution in [0.4, 0.5) is 0 Å². The molecule has 0 atom stereocenters. The van der Waals surface area contributed by atoms with Crippen LogP contribution in [0.1, 0.15) is 0 Å². The van der Waals surface area contributed by atoms with E-state index in [0.717, 1.165) is 77.5 Å². The average Bonchev–Trinajstić information content (AvgIpc) is 3.71. The number of rotatable bonds is 5.